The van der Waals surface area contributed by atoms with Gasteiger partial charge < -0.3 is 10.5 Å². The highest BCUT2D eigenvalue weighted by Gasteiger charge is 2.30. The summed E-state index contributed by atoms with van der Waals surface area (Å²) in [6.45, 7) is 2.85. The molecule has 0 heterocycles. The molecule has 0 saturated heterocycles. The summed E-state index contributed by atoms with van der Waals surface area (Å²) in [5, 5.41) is 1.38. The zero-order valence-corrected chi connectivity index (χ0v) is 12.8. The maximum Gasteiger partial charge on any atom is 0.0580 e. The van der Waals surface area contributed by atoms with Crippen LogP contribution in [0.1, 0.15) is 31.7 Å². The Hall–Kier alpha value is -0.280. The van der Waals surface area contributed by atoms with Crippen molar-refractivity contribution in [2.75, 3.05) is 6.61 Å². The Morgan fingerprint density at radius 1 is 1.37 bits per heavy atom. The van der Waals surface area contributed by atoms with Crippen LogP contribution in [0, 0.1) is 5.92 Å². The summed E-state index contributed by atoms with van der Waals surface area (Å²) in [7, 11) is 0. The third-order valence-corrected chi connectivity index (χ3v) is 4.32. The van der Waals surface area contributed by atoms with E-state index in [2.05, 4.69) is 0 Å². The Labute approximate surface area is 125 Å². The molecule has 0 spiro atoms. The van der Waals surface area contributed by atoms with Crippen LogP contribution >= 0.6 is 23.2 Å². The third kappa shape index (κ3) is 4.35. The lowest BCUT2D eigenvalue weighted by molar-refractivity contribution is -0.0280. The smallest absolute Gasteiger partial charge is 0.0580 e. The molecule has 1 saturated carbocycles. The monoisotopic (exact) mass is 301 g/mol. The summed E-state index contributed by atoms with van der Waals surface area (Å²) in [5.74, 6) is 0.706. The molecule has 19 heavy (non-hydrogen) atoms. The van der Waals surface area contributed by atoms with Crippen molar-refractivity contribution in [3.8, 4) is 0 Å². The Morgan fingerprint density at radius 3 is 2.74 bits per heavy atom. The van der Waals surface area contributed by atoms with Gasteiger partial charge in [-0.05, 0) is 56.2 Å². The van der Waals surface area contributed by atoms with Crippen molar-refractivity contribution in [3.63, 3.8) is 0 Å². The Kier molecular flexibility index (Phi) is 5.52. The minimum atomic E-state index is 0.159. The zero-order chi connectivity index (χ0) is 13.8. The van der Waals surface area contributed by atoms with Gasteiger partial charge in [0, 0.05) is 22.7 Å². The largest absolute Gasteiger partial charge is 0.378 e. The van der Waals surface area contributed by atoms with Crippen LogP contribution in [0.2, 0.25) is 10.0 Å². The molecule has 0 radical (unpaired) electrons. The number of hydrogen-bond donors (Lipinski definition) is 1. The second kappa shape index (κ2) is 6.94. The van der Waals surface area contributed by atoms with Gasteiger partial charge in [0.1, 0.15) is 0 Å². The zero-order valence-electron chi connectivity index (χ0n) is 11.2. The van der Waals surface area contributed by atoms with Crippen LogP contribution in [0.25, 0.3) is 0 Å². The van der Waals surface area contributed by atoms with E-state index in [-0.39, 0.29) is 6.04 Å². The SMILES string of the molecule is CCOC1CC(CC(N)Cc2ccc(Cl)cc2Cl)C1. The fourth-order valence-corrected chi connectivity index (χ4v) is 3.21. The summed E-state index contributed by atoms with van der Waals surface area (Å²) >= 11 is 12.0. The molecule has 2 N–H and O–H groups in total. The van der Waals surface area contributed by atoms with Gasteiger partial charge in [-0.1, -0.05) is 29.3 Å². The molecule has 1 atom stereocenters. The average molecular weight is 302 g/mol. The second-order valence-electron chi connectivity index (χ2n) is 5.35. The van der Waals surface area contributed by atoms with E-state index in [9.17, 15) is 0 Å². The first-order chi connectivity index (χ1) is 9.08. The lowest BCUT2D eigenvalue weighted by Crippen LogP contribution is -2.36. The third-order valence-electron chi connectivity index (χ3n) is 3.73. The summed E-state index contributed by atoms with van der Waals surface area (Å²) in [5.41, 5.74) is 7.29. The molecule has 1 aromatic rings. The molecule has 0 bridgehead atoms. The van der Waals surface area contributed by atoms with Crippen molar-refractivity contribution in [2.24, 2.45) is 11.7 Å². The van der Waals surface area contributed by atoms with Gasteiger partial charge in [-0.2, -0.15) is 0 Å². The molecular formula is C15H21Cl2NO. The predicted molar refractivity (Wildman–Crippen MR) is 80.9 cm³/mol. The van der Waals surface area contributed by atoms with E-state index in [0.29, 0.717) is 22.1 Å². The van der Waals surface area contributed by atoms with Crippen LogP contribution in [0.5, 0.6) is 0 Å². The van der Waals surface area contributed by atoms with E-state index in [1.807, 2.05) is 19.1 Å². The first kappa shape index (κ1) is 15.1. The van der Waals surface area contributed by atoms with Crippen molar-refractivity contribution in [2.45, 2.75) is 44.8 Å². The molecule has 1 aliphatic carbocycles. The maximum atomic E-state index is 6.21. The highest BCUT2D eigenvalue weighted by molar-refractivity contribution is 6.35. The van der Waals surface area contributed by atoms with Crippen LogP contribution in [-0.4, -0.2) is 18.8 Å². The standard InChI is InChI=1S/C15H21Cl2NO/c1-2-19-14-6-10(7-14)5-13(18)8-11-3-4-12(16)9-15(11)17/h3-4,9-10,13-14H,2,5-8,18H2,1H3. The molecule has 106 valence electrons. The predicted octanol–water partition coefficient (Wildman–Crippen LogP) is 4.07. The average Bonchev–Trinajstić information content (AvgIpc) is 2.30. The van der Waals surface area contributed by atoms with E-state index >= 15 is 0 Å². The molecule has 1 aromatic carbocycles. The van der Waals surface area contributed by atoms with Crippen LogP contribution < -0.4 is 5.73 Å². The summed E-state index contributed by atoms with van der Waals surface area (Å²) in [6.07, 6.45) is 4.61. The first-order valence-corrected chi connectivity index (χ1v) is 7.65. The lowest BCUT2D eigenvalue weighted by Gasteiger charge is -2.36. The number of nitrogens with two attached hydrogens (primary N) is 1. The maximum absolute atomic E-state index is 6.21. The molecule has 0 amide bonds. The Bertz CT molecular complexity index is 419. The molecule has 1 aliphatic rings. The molecule has 1 fully saturated rings. The number of rotatable bonds is 6. The van der Waals surface area contributed by atoms with Crippen LogP contribution in [0.4, 0.5) is 0 Å². The fourth-order valence-electron chi connectivity index (χ4n) is 2.72. The quantitative estimate of drug-likeness (QED) is 0.859. The highest BCUT2D eigenvalue weighted by atomic mass is 35.5. The fraction of sp³-hybridized carbons (Fsp3) is 0.600. The molecule has 4 heteroatoms. The molecule has 0 aliphatic heterocycles. The topological polar surface area (TPSA) is 35.2 Å². The summed E-state index contributed by atoms with van der Waals surface area (Å²) in [4.78, 5) is 0. The van der Waals surface area contributed by atoms with Crippen LogP contribution in [0.3, 0.4) is 0 Å². The molecule has 0 aromatic heterocycles. The Morgan fingerprint density at radius 2 is 2.11 bits per heavy atom. The molecule has 1 unspecified atom stereocenters. The van der Waals surface area contributed by atoms with Gasteiger partial charge in [0.2, 0.25) is 0 Å². The summed E-state index contributed by atoms with van der Waals surface area (Å²) < 4.78 is 5.56. The minimum absolute atomic E-state index is 0.159. The Balaban J connectivity index is 1.77. The van der Waals surface area contributed by atoms with E-state index in [4.69, 9.17) is 33.7 Å². The van der Waals surface area contributed by atoms with Crippen molar-refractivity contribution in [1.82, 2.24) is 0 Å². The van der Waals surface area contributed by atoms with Gasteiger partial charge in [-0.3, -0.25) is 0 Å². The van der Waals surface area contributed by atoms with Crippen molar-refractivity contribution in [3.05, 3.63) is 33.8 Å². The van der Waals surface area contributed by atoms with Crippen LogP contribution in [0.15, 0.2) is 18.2 Å². The summed E-state index contributed by atoms with van der Waals surface area (Å²) in [6, 6.07) is 5.77. The highest BCUT2D eigenvalue weighted by Crippen LogP contribution is 2.34. The first-order valence-electron chi connectivity index (χ1n) is 6.89. The van der Waals surface area contributed by atoms with Gasteiger partial charge in [-0.25, -0.2) is 0 Å². The van der Waals surface area contributed by atoms with Gasteiger partial charge in [0.25, 0.3) is 0 Å². The molecule has 2 rings (SSSR count). The van der Waals surface area contributed by atoms with Crippen molar-refractivity contribution < 1.29 is 4.74 Å². The number of hydrogen-bond acceptors (Lipinski definition) is 2. The number of benzene rings is 1. The van der Waals surface area contributed by atoms with E-state index in [1.165, 1.54) is 0 Å². The normalized spacial score (nSPS) is 24.0. The van der Waals surface area contributed by atoms with E-state index < -0.39 is 0 Å². The lowest BCUT2D eigenvalue weighted by atomic mass is 9.77. The van der Waals surface area contributed by atoms with Gasteiger partial charge in [0.05, 0.1) is 6.10 Å². The minimum Gasteiger partial charge on any atom is -0.378 e. The van der Waals surface area contributed by atoms with Crippen LogP contribution in [-0.2, 0) is 11.2 Å². The van der Waals surface area contributed by atoms with Gasteiger partial charge in [-0.15, -0.1) is 0 Å². The molecular weight excluding hydrogens is 281 g/mol. The van der Waals surface area contributed by atoms with Crippen molar-refractivity contribution in [1.29, 1.82) is 0 Å². The van der Waals surface area contributed by atoms with Gasteiger partial charge in [0.15, 0.2) is 0 Å². The van der Waals surface area contributed by atoms with E-state index in [1.54, 1.807) is 6.07 Å². The van der Waals surface area contributed by atoms with E-state index in [0.717, 1.165) is 37.9 Å². The van der Waals surface area contributed by atoms with Crippen molar-refractivity contribution >= 4 is 23.2 Å². The number of ether oxygens (including phenoxy) is 1. The molecule has 2 nitrogen and oxygen atoms in total. The number of halogens is 2. The van der Waals surface area contributed by atoms with Gasteiger partial charge >= 0.3 is 0 Å². The second-order valence-corrected chi connectivity index (χ2v) is 6.19.